The molecule has 0 aliphatic carbocycles. The standard InChI is InChI=1S/C22H24F2N4O2/c1-27-6-8-28(9-7-27)10-11-30-21-5-3-2-4-18(21)26-22(29)20-14-16-17(24)12-15(23)13-19(16)25-20/h2-5,12-14,25H,6-11H2,1H3,(H,26,29). The van der Waals surface area contributed by atoms with Crippen LogP contribution in [-0.2, 0) is 0 Å². The van der Waals surface area contributed by atoms with Crippen LogP contribution in [0.2, 0.25) is 0 Å². The minimum Gasteiger partial charge on any atom is -0.490 e. The first-order valence-corrected chi connectivity index (χ1v) is 9.91. The number of H-pyrrole nitrogens is 1. The fourth-order valence-corrected chi connectivity index (χ4v) is 3.52. The van der Waals surface area contributed by atoms with E-state index in [9.17, 15) is 13.6 Å². The summed E-state index contributed by atoms with van der Waals surface area (Å²) in [5.41, 5.74) is 0.891. The Balaban J connectivity index is 1.41. The molecule has 0 radical (unpaired) electrons. The van der Waals surface area contributed by atoms with Gasteiger partial charge in [0.1, 0.15) is 29.7 Å². The Morgan fingerprint density at radius 2 is 1.90 bits per heavy atom. The van der Waals surface area contributed by atoms with Gasteiger partial charge in [-0.25, -0.2) is 8.78 Å². The van der Waals surface area contributed by atoms with E-state index in [1.165, 1.54) is 6.07 Å². The number of piperazine rings is 1. The zero-order valence-electron chi connectivity index (χ0n) is 16.8. The van der Waals surface area contributed by atoms with Gasteiger partial charge in [-0.05, 0) is 31.3 Å². The number of likely N-dealkylation sites (N-methyl/N-ethyl adjacent to an activating group) is 1. The number of carbonyl (C=O) groups is 1. The summed E-state index contributed by atoms with van der Waals surface area (Å²) in [6.45, 7) is 5.42. The molecular formula is C22H24F2N4O2. The second-order valence-corrected chi connectivity index (χ2v) is 7.48. The number of nitrogens with zero attached hydrogens (tertiary/aromatic N) is 2. The number of nitrogens with one attached hydrogen (secondary N) is 2. The van der Waals surface area contributed by atoms with Crippen molar-refractivity contribution in [2.75, 3.05) is 51.7 Å². The minimum atomic E-state index is -0.715. The molecule has 0 spiro atoms. The normalized spacial score (nSPS) is 15.4. The van der Waals surface area contributed by atoms with Crippen molar-refractivity contribution in [1.29, 1.82) is 0 Å². The average Bonchev–Trinajstić information content (AvgIpc) is 3.15. The number of ether oxygens (including phenoxy) is 1. The summed E-state index contributed by atoms with van der Waals surface area (Å²) in [5.74, 6) is -1.31. The number of amides is 1. The van der Waals surface area contributed by atoms with Gasteiger partial charge in [-0.2, -0.15) is 0 Å². The Morgan fingerprint density at radius 1 is 1.13 bits per heavy atom. The van der Waals surface area contributed by atoms with E-state index in [0.29, 0.717) is 18.0 Å². The number of aromatic amines is 1. The number of halogens is 2. The highest BCUT2D eigenvalue weighted by atomic mass is 19.1. The lowest BCUT2D eigenvalue weighted by Crippen LogP contribution is -2.45. The third kappa shape index (κ3) is 4.60. The van der Waals surface area contributed by atoms with Crippen LogP contribution >= 0.6 is 0 Å². The molecule has 2 heterocycles. The number of benzene rings is 2. The number of hydrogen-bond donors (Lipinski definition) is 2. The number of carbonyl (C=O) groups excluding carboxylic acids is 1. The van der Waals surface area contributed by atoms with Gasteiger partial charge in [0.2, 0.25) is 0 Å². The van der Waals surface area contributed by atoms with Gasteiger partial charge >= 0.3 is 0 Å². The van der Waals surface area contributed by atoms with Crippen LogP contribution in [0, 0.1) is 11.6 Å². The van der Waals surface area contributed by atoms with Crippen molar-refractivity contribution < 1.29 is 18.3 Å². The molecule has 8 heteroatoms. The number of para-hydroxylation sites is 2. The molecule has 6 nitrogen and oxygen atoms in total. The third-order valence-corrected chi connectivity index (χ3v) is 5.29. The summed E-state index contributed by atoms with van der Waals surface area (Å²) >= 11 is 0. The summed E-state index contributed by atoms with van der Waals surface area (Å²) in [7, 11) is 2.12. The Hall–Kier alpha value is -2.97. The Bertz CT molecular complexity index is 1040. The molecule has 0 atom stereocenters. The first-order chi connectivity index (χ1) is 14.5. The molecule has 0 unspecified atom stereocenters. The number of aromatic nitrogens is 1. The highest BCUT2D eigenvalue weighted by molar-refractivity contribution is 6.06. The van der Waals surface area contributed by atoms with E-state index < -0.39 is 17.5 Å². The zero-order chi connectivity index (χ0) is 21.1. The number of fused-ring (bicyclic) bond motifs is 1. The zero-order valence-corrected chi connectivity index (χ0v) is 16.8. The minimum absolute atomic E-state index is 0.140. The van der Waals surface area contributed by atoms with Crippen molar-refractivity contribution in [3.63, 3.8) is 0 Å². The van der Waals surface area contributed by atoms with Crippen molar-refractivity contribution in [2.45, 2.75) is 0 Å². The summed E-state index contributed by atoms with van der Waals surface area (Å²) < 4.78 is 33.2. The summed E-state index contributed by atoms with van der Waals surface area (Å²) in [6, 6.07) is 10.5. The maximum absolute atomic E-state index is 13.9. The van der Waals surface area contributed by atoms with Gasteiger partial charge < -0.3 is 19.9 Å². The molecule has 1 saturated heterocycles. The molecule has 3 aromatic rings. The molecule has 0 bridgehead atoms. The Morgan fingerprint density at radius 3 is 2.70 bits per heavy atom. The highest BCUT2D eigenvalue weighted by Crippen LogP contribution is 2.26. The van der Waals surface area contributed by atoms with Crippen molar-refractivity contribution in [3.05, 3.63) is 59.8 Å². The second kappa shape index (κ2) is 8.81. The molecule has 158 valence electrons. The largest absolute Gasteiger partial charge is 0.490 e. The van der Waals surface area contributed by atoms with Crippen molar-refractivity contribution in [1.82, 2.24) is 14.8 Å². The van der Waals surface area contributed by atoms with Gasteiger partial charge in [-0.15, -0.1) is 0 Å². The second-order valence-electron chi connectivity index (χ2n) is 7.48. The lowest BCUT2D eigenvalue weighted by molar-refractivity contribution is 0.102. The van der Waals surface area contributed by atoms with Gasteiger partial charge in [-0.3, -0.25) is 9.69 Å². The van der Waals surface area contributed by atoms with Gasteiger partial charge in [0.25, 0.3) is 5.91 Å². The Labute approximate surface area is 173 Å². The van der Waals surface area contributed by atoms with Crippen LogP contribution in [0.4, 0.5) is 14.5 Å². The lowest BCUT2D eigenvalue weighted by Gasteiger charge is -2.32. The molecule has 1 aliphatic rings. The fourth-order valence-electron chi connectivity index (χ4n) is 3.52. The molecule has 1 fully saturated rings. The van der Waals surface area contributed by atoms with Crippen LogP contribution < -0.4 is 10.1 Å². The maximum Gasteiger partial charge on any atom is 0.272 e. The van der Waals surface area contributed by atoms with Gasteiger partial charge in [0, 0.05) is 44.2 Å². The first-order valence-electron chi connectivity index (χ1n) is 9.91. The number of anilines is 1. The van der Waals surface area contributed by atoms with E-state index in [2.05, 4.69) is 27.1 Å². The van der Waals surface area contributed by atoms with Gasteiger partial charge in [0.15, 0.2) is 0 Å². The predicted octanol–water partition coefficient (Wildman–Crippen LogP) is 3.32. The molecule has 0 saturated carbocycles. The van der Waals surface area contributed by atoms with E-state index in [1.54, 1.807) is 18.2 Å². The van der Waals surface area contributed by atoms with Crippen LogP contribution in [0.1, 0.15) is 10.5 Å². The van der Waals surface area contributed by atoms with Crippen molar-refractivity contribution in [2.24, 2.45) is 0 Å². The summed E-state index contributed by atoms with van der Waals surface area (Å²) in [4.78, 5) is 20.1. The summed E-state index contributed by atoms with van der Waals surface area (Å²) in [5, 5.41) is 2.95. The molecule has 2 N–H and O–H groups in total. The molecule has 2 aromatic carbocycles. The first kappa shape index (κ1) is 20.3. The van der Waals surface area contributed by atoms with E-state index in [4.69, 9.17) is 4.74 Å². The van der Waals surface area contributed by atoms with E-state index in [0.717, 1.165) is 44.9 Å². The molecule has 1 aromatic heterocycles. The average molecular weight is 414 g/mol. The van der Waals surface area contributed by atoms with E-state index in [1.807, 2.05) is 6.07 Å². The Kier molecular flexibility index (Phi) is 5.96. The third-order valence-electron chi connectivity index (χ3n) is 5.29. The number of hydrogen-bond acceptors (Lipinski definition) is 4. The topological polar surface area (TPSA) is 60.6 Å². The highest BCUT2D eigenvalue weighted by Gasteiger charge is 2.16. The monoisotopic (exact) mass is 414 g/mol. The van der Waals surface area contributed by atoms with Crippen LogP contribution in [0.3, 0.4) is 0 Å². The maximum atomic E-state index is 13.9. The SMILES string of the molecule is CN1CCN(CCOc2ccccc2NC(=O)c2cc3c(F)cc(F)cc3[nH]2)CC1. The molecule has 1 amide bonds. The summed E-state index contributed by atoms with van der Waals surface area (Å²) in [6.07, 6.45) is 0. The van der Waals surface area contributed by atoms with Crippen molar-refractivity contribution in [3.8, 4) is 5.75 Å². The van der Waals surface area contributed by atoms with E-state index in [-0.39, 0.29) is 16.6 Å². The molecule has 4 rings (SSSR count). The molecule has 30 heavy (non-hydrogen) atoms. The fraction of sp³-hybridized carbons (Fsp3) is 0.318. The van der Waals surface area contributed by atoms with E-state index >= 15 is 0 Å². The van der Waals surface area contributed by atoms with Crippen LogP contribution in [0.15, 0.2) is 42.5 Å². The van der Waals surface area contributed by atoms with Crippen LogP contribution in [-0.4, -0.2) is 67.1 Å². The van der Waals surface area contributed by atoms with Gasteiger partial charge in [0.05, 0.1) is 11.2 Å². The van der Waals surface area contributed by atoms with Crippen molar-refractivity contribution >= 4 is 22.5 Å². The molecular weight excluding hydrogens is 390 g/mol. The van der Waals surface area contributed by atoms with Crippen LogP contribution in [0.5, 0.6) is 5.75 Å². The predicted molar refractivity (Wildman–Crippen MR) is 112 cm³/mol. The van der Waals surface area contributed by atoms with Crippen LogP contribution in [0.25, 0.3) is 10.9 Å². The lowest BCUT2D eigenvalue weighted by atomic mass is 10.2. The quantitative estimate of drug-likeness (QED) is 0.650. The molecule has 1 aliphatic heterocycles. The van der Waals surface area contributed by atoms with Gasteiger partial charge in [-0.1, -0.05) is 12.1 Å². The number of rotatable bonds is 6. The smallest absolute Gasteiger partial charge is 0.272 e.